The zero-order valence-corrected chi connectivity index (χ0v) is 16.6. The van der Waals surface area contributed by atoms with Gasteiger partial charge in [-0.05, 0) is 49.1 Å². The molecule has 3 rings (SSSR count). The van der Waals surface area contributed by atoms with E-state index < -0.39 is 6.61 Å². The number of carbonyl (C=O) groups is 2. The molecule has 30 heavy (non-hydrogen) atoms. The fourth-order valence-electron chi connectivity index (χ4n) is 3.44. The van der Waals surface area contributed by atoms with Crippen molar-refractivity contribution >= 4 is 11.8 Å². The highest BCUT2D eigenvalue weighted by molar-refractivity contribution is 5.91. The first-order valence-electron chi connectivity index (χ1n) is 9.70. The van der Waals surface area contributed by atoms with Gasteiger partial charge in [-0.3, -0.25) is 9.59 Å². The topological polar surface area (TPSA) is 81.0 Å². The molecule has 1 aliphatic rings. The molecule has 1 aromatic heterocycles. The molecule has 162 valence electrons. The highest BCUT2D eigenvalue weighted by atomic mass is 19.3. The Labute approximate surface area is 172 Å². The Bertz CT molecular complexity index is 849. The van der Waals surface area contributed by atoms with Crippen molar-refractivity contribution in [3.8, 4) is 11.5 Å². The predicted octanol–water partition coefficient (Wildman–Crippen LogP) is 3.10. The monoisotopic (exact) mass is 422 g/mol. The van der Waals surface area contributed by atoms with Gasteiger partial charge in [-0.1, -0.05) is 6.07 Å². The lowest BCUT2D eigenvalue weighted by atomic mass is 9.95. The molecule has 0 bridgehead atoms. The van der Waals surface area contributed by atoms with Gasteiger partial charge >= 0.3 is 6.61 Å². The lowest BCUT2D eigenvalue weighted by Crippen LogP contribution is -2.43. The molecule has 1 saturated heterocycles. The van der Waals surface area contributed by atoms with Crippen molar-refractivity contribution < 1.29 is 32.3 Å². The number of hydrogen-bond acceptors (Lipinski definition) is 5. The van der Waals surface area contributed by atoms with Crippen LogP contribution in [-0.4, -0.2) is 50.1 Å². The number of nitrogens with zero attached hydrogens (tertiary/aromatic N) is 1. The number of halogens is 2. The van der Waals surface area contributed by atoms with Crippen LogP contribution in [0.25, 0.3) is 0 Å². The van der Waals surface area contributed by atoms with Crippen molar-refractivity contribution in [2.75, 3.05) is 26.7 Å². The second kappa shape index (κ2) is 10.1. The molecule has 2 amide bonds. The van der Waals surface area contributed by atoms with E-state index in [1.165, 1.54) is 19.4 Å². The Balaban J connectivity index is 1.45. The van der Waals surface area contributed by atoms with Gasteiger partial charge in [-0.2, -0.15) is 8.78 Å². The summed E-state index contributed by atoms with van der Waals surface area (Å²) in [5.74, 6) is 0.0774. The quantitative estimate of drug-likeness (QED) is 0.707. The van der Waals surface area contributed by atoms with Crippen molar-refractivity contribution in [1.29, 1.82) is 0 Å². The molecular weight excluding hydrogens is 398 g/mol. The molecular formula is C21H24F2N2O5. The number of methoxy groups -OCH3 is 1. The number of rotatable bonds is 8. The Morgan fingerprint density at radius 3 is 2.63 bits per heavy atom. The standard InChI is InChI=1S/C21H24F2N2O5/c1-28-16-5-4-14(13-18(16)30-21(22)23)6-9-24-19(26)15-7-10-25(11-8-15)20(27)17-3-2-12-29-17/h2-5,12-13,15,21H,6-11H2,1H3,(H,24,26). The summed E-state index contributed by atoms with van der Waals surface area (Å²) in [6.45, 7) is -1.60. The molecule has 0 saturated carbocycles. The minimum atomic E-state index is -2.95. The first kappa shape index (κ1) is 21.6. The van der Waals surface area contributed by atoms with E-state index >= 15 is 0 Å². The van der Waals surface area contributed by atoms with E-state index in [1.54, 1.807) is 29.2 Å². The number of alkyl halides is 2. The largest absolute Gasteiger partial charge is 0.493 e. The van der Waals surface area contributed by atoms with Gasteiger partial charge in [-0.25, -0.2) is 0 Å². The van der Waals surface area contributed by atoms with Crippen LogP contribution in [0.1, 0.15) is 29.0 Å². The van der Waals surface area contributed by atoms with E-state index in [1.807, 2.05) is 0 Å². The maximum atomic E-state index is 12.5. The maximum absolute atomic E-state index is 12.5. The number of ether oxygens (including phenoxy) is 2. The lowest BCUT2D eigenvalue weighted by molar-refractivity contribution is -0.126. The molecule has 0 unspecified atom stereocenters. The molecule has 2 heterocycles. The van der Waals surface area contributed by atoms with Crippen LogP contribution >= 0.6 is 0 Å². The summed E-state index contributed by atoms with van der Waals surface area (Å²) in [6, 6.07) is 8.06. The van der Waals surface area contributed by atoms with Gasteiger partial charge in [0.05, 0.1) is 13.4 Å². The number of amides is 2. The molecule has 9 heteroatoms. The third-order valence-electron chi connectivity index (χ3n) is 5.04. The van der Waals surface area contributed by atoms with Crippen molar-refractivity contribution in [3.63, 3.8) is 0 Å². The SMILES string of the molecule is COc1ccc(CCNC(=O)C2CCN(C(=O)c3ccco3)CC2)cc1OC(F)F. The smallest absolute Gasteiger partial charge is 0.387 e. The second-order valence-corrected chi connectivity index (χ2v) is 6.95. The Hall–Kier alpha value is -3.10. The minimum absolute atomic E-state index is 0.0371. The van der Waals surface area contributed by atoms with Gasteiger partial charge in [0.25, 0.3) is 5.91 Å². The van der Waals surface area contributed by atoms with E-state index in [-0.39, 0.29) is 29.2 Å². The van der Waals surface area contributed by atoms with Gasteiger partial charge in [0, 0.05) is 25.6 Å². The van der Waals surface area contributed by atoms with Crippen LogP contribution in [-0.2, 0) is 11.2 Å². The number of piperidine rings is 1. The predicted molar refractivity (Wildman–Crippen MR) is 104 cm³/mol. The molecule has 1 fully saturated rings. The zero-order chi connectivity index (χ0) is 21.5. The number of likely N-dealkylation sites (tertiary alicyclic amines) is 1. The summed E-state index contributed by atoms with van der Waals surface area (Å²) < 4.78 is 39.7. The Morgan fingerprint density at radius 1 is 1.23 bits per heavy atom. The van der Waals surface area contributed by atoms with Gasteiger partial charge < -0.3 is 24.1 Å². The molecule has 1 aliphatic heterocycles. The summed E-state index contributed by atoms with van der Waals surface area (Å²) in [4.78, 5) is 26.4. The van der Waals surface area contributed by atoms with Crippen LogP contribution in [0.4, 0.5) is 8.78 Å². The fourth-order valence-corrected chi connectivity index (χ4v) is 3.44. The Morgan fingerprint density at radius 2 is 2.00 bits per heavy atom. The highest BCUT2D eigenvalue weighted by Crippen LogP contribution is 2.29. The van der Waals surface area contributed by atoms with Crippen molar-refractivity contribution in [3.05, 3.63) is 47.9 Å². The summed E-state index contributed by atoms with van der Waals surface area (Å²) >= 11 is 0. The van der Waals surface area contributed by atoms with Crippen LogP contribution in [0, 0.1) is 5.92 Å². The van der Waals surface area contributed by atoms with Crippen LogP contribution in [0.5, 0.6) is 11.5 Å². The summed E-state index contributed by atoms with van der Waals surface area (Å²) in [7, 11) is 1.38. The fraction of sp³-hybridized carbons (Fsp3) is 0.429. The zero-order valence-electron chi connectivity index (χ0n) is 16.6. The number of hydrogen-bond donors (Lipinski definition) is 1. The molecule has 2 aromatic rings. The molecule has 1 aromatic carbocycles. The molecule has 0 aliphatic carbocycles. The number of benzene rings is 1. The van der Waals surface area contributed by atoms with Gasteiger partial charge in [0.1, 0.15) is 0 Å². The van der Waals surface area contributed by atoms with Crippen LogP contribution in [0.3, 0.4) is 0 Å². The van der Waals surface area contributed by atoms with E-state index in [4.69, 9.17) is 9.15 Å². The molecule has 7 nitrogen and oxygen atoms in total. The molecule has 0 atom stereocenters. The average Bonchev–Trinajstić information content (AvgIpc) is 3.28. The number of nitrogens with one attached hydrogen (secondary N) is 1. The Kier molecular flexibility index (Phi) is 7.26. The minimum Gasteiger partial charge on any atom is -0.493 e. The molecule has 0 radical (unpaired) electrons. The maximum Gasteiger partial charge on any atom is 0.387 e. The number of furan rings is 1. The van der Waals surface area contributed by atoms with E-state index in [0.29, 0.717) is 44.7 Å². The summed E-state index contributed by atoms with van der Waals surface area (Å²) in [5, 5.41) is 2.88. The average molecular weight is 422 g/mol. The van der Waals surface area contributed by atoms with Crippen LogP contribution < -0.4 is 14.8 Å². The third-order valence-corrected chi connectivity index (χ3v) is 5.04. The molecule has 0 spiro atoms. The molecule has 1 N–H and O–H groups in total. The van der Waals surface area contributed by atoms with Gasteiger partial charge in [-0.15, -0.1) is 0 Å². The lowest BCUT2D eigenvalue weighted by Gasteiger charge is -2.30. The van der Waals surface area contributed by atoms with Crippen molar-refractivity contribution in [2.45, 2.75) is 25.9 Å². The number of carbonyl (C=O) groups excluding carboxylic acids is 2. The van der Waals surface area contributed by atoms with E-state index in [0.717, 1.165) is 5.56 Å². The summed E-state index contributed by atoms with van der Waals surface area (Å²) in [5.41, 5.74) is 0.741. The highest BCUT2D eigenvalue weighted by Gasteiger charge is 2.28. The first-order valence-corrected chi connectivity index (χ1v) is 9.70. The van der Waals surface area contributed by atoms with Crippen molar-refractivity contribution in [2.24, 2.45) is 5.92 Å². The van der Waals surface area contributed by atoms with Gasteiger partial charge in [0.15, 0.2) is 17.3 Å². The third kappa shape index (κ3) is 5.49. The second-order valence-electron chi connectivity index (χ2n) is 6.95. The first-order chi connectivity index (χ1) is 14.5. The normalized spacial score (nSPS) is 14.6. The summed E-state index contributed by atoms with van der Waals surface area (Å²) in [6.07, 6.45) is 3.07. The van der Waals surface area contributed by atoms with E-state index in [9.17, 15) is 18.4 Å². The van der Waals surface area contributed by atoms with E-state index in [2.05, 4.69) is 10.1 Å². The van der Waals surface area contributed by atoms with Crippen LogP contribution in [0.2, 0.25) is 0 Å². The van der Waals surface area contributed by atoms with Gasteiger partial charge in [0.2, 0.25) is 5.91 Å². The van der Waals surface area contributed by atoms with Crippen LogP contribution in [0.15, 0.2) is 41.0 Å². The van der Waals surface area contributed by atoms with Crippen molar-refractivity contribution in [1.82, 2.24) is 10.2 Å².